The summed E-state index contributed by atoms with van der Waals surface area (Å²) in [5, 5.41) is 8.43. The Bertz CT molecular complexity index is 357. The first-order valence-corrected chi connectivity index (χ1v) is 3.01. The molecular formula is C6H6N2O4. The minimum absolute atomic E-state index is 0.00926. The molecule has 1 heterocycles. The molecule has 0 aliphatic heterocycles. The molecule has 2 N–H and O–H groups in total. The fourth-order valence-corrected chi connectivity index (χ4v) is 0.635. The van der Waals surface area contributed by atoms with Gasteiger partial charge in [0.25, 0.3) is 11.6 Å². The largest absolute Gasteiger partial charge is 0.477 e. The molecule has 64 valence electrons. The molecule has 12 heavy (non-hydrogen) atoms. The van der Waals surface area contributed by atoms with Gasteiger partial charge in [0.2, 0.25) is 0 Å². The molecule has 0 saturated heterocycles. The van der Waals surface area contributed by atoms with Gasteiger partial charge in [-0.3, -0.25) is 9.78 Å². The van der Waals surface area contributed by atoms with Gasteiger partial charge in [-0.25, -0.2) is 9.78 Å². The van der Waals surface area contributed by atoms with Crippen molar-refractivity contribution in [1.29, 1.82) is 0 Å². The summed E-state index contributed by atoms with van der Waals surface area (Å²) >= 11 is 0. The SMILES string of the molecule is COc1ncc(C(=O)O)c(=O)[nH]1. The predicted molar refractivity (Wildman–Crippen MR) is 38.4 cm³/mol. The van der Waals surface area contributed by atoms with Crippen LogP contribution in [0.25, 0.3) is 0 Å². The van der Waals surface area contributed by atoms with E-state index in [-0.39, 0.29) is 6.01 Å². The van der Waals surface area contributed by atoms with Gasteiger partial charge in [-0.1, -0.05) is 0 Å². The summed E-state index contributed by atoms with van der Waals surface area (Å²) in [6.07, 6.45) is 0.944. The van der Waals surface area contributed by atoms with Gasteiger partial charge in [0.1, 0.15) is 5.56 Å². The van der Waals surface area contributed by atoms with Gasteiger partial charge in [0, 0.05) is 0 Å². The Hall–Kier alpha value is -1.85. The monoisotopic (exact) mass is 170 g/mol. The Morgan fingerprint density at radius 3 is 2.83 bits per heavy atom. The standard InChI is InChI=1S/C6H6N2O4/c1-12-6-7-2-3(5(10)11)4(9)8-6/h2H,1H3,(H,10,11)(H,7,8,9). The van der Waals surface area contributed by atoms with E-state index in [1.54, 1.807) is 0 Å². The zero-order valence-electron chi connectivity index (χ0n) is 6.20. The highest BCUT2D eigenvalue weighted by Crippen LogP contribution is 1.95. The van der Waals surface area contributed by atoms with Gasteiger partial charge < -0.3 is 9.84 Å². The minimum atomic E-state index is -1.31. The molecule has 6 heteroatoms. The number of aromatic carboxylic acids is 1. The van der Waals surface area contributed by atoms with Crippen LogP contribution in [0.4, 0.5) is 0 Å². The van der Waals surface area contributed by atoms with E-state index in [0.29, 0.717) is 0 Å². The Morgan fingerprint density at radius 1 is 1.75 bits per heavy atom. The molecule has 0 aromatic carbocycles. The Labute approximate surface area is 66.8 Å². The molecule has 0 atom stereocenters. The van der Waals surface area contributed by atoms with Crippen LogP contribution in [0.5, 0.6) is 6.01 Å². The molecule has 0 unspecified atom stereocenters. The summed E-state index contributed by atoms with van der Waals surface area (Å²) < 4.78 is 4.57. The van der Waals surface area contributed by atoms with Crippen LogP contribution in [0.1, 0.15) is 10.4 Å². The smallest absolute Gasteiger partial charge is 0.342 e. The van der Waals surface area contributed by atoms with Gasteiger partial charge in [-0.05, 0) is 0 Å². The number of nitrogens with one attached hydrogen (secondary N) is 1. The quantitative estimate of drug-likeness (QED) is 0.622. The summed E-state index contributed by atoms with van der Waals surface area (Å²) in [6, 6.07) is -0.00926. The molecule has 0 amide bonds. The van der Waals surface area contributed by atoms with Crippen LogP contribution < -0.4 is 10.3 Å². The van der Waals surface area contributed by atoms with Crippen LogP contribution in [0.3, 0.4) is 0 Å². The molecule has 6 nitrogen and oxygen atoms in total. The average molecular weight is 170 g/mol. The van der Waals surface area contributed by atoms with Gasteiger partial charge in [-0.2, -0.15) is 0 Å². The minimum Gasteiger partial charge on any atom is -0.477 e. The number of nitrogens with zero attached hydrogens (tertiary/aromatic N) is 1. The number of hydrogen-bond acceptors (Lipinski definition) is 4. The number of aromatic amines is 1. The van der Waals surface area contributed by atoms with E-state index in [0.717, 1.165) is 6.20 Å². The van der Waals surface area contributed by atoms with E-state index >= 15 is 0 Å². The Kier molecular flexibility index (Phi) is 2.09. The molecule has 0 saturated carbocycles. The molecule has 1 aromatic rings. The molecule has 0 aliphatic carbocycles. The number of hydrogen-bond donors (Lipinski definition) is 2. The summed E-state index contributed by atoms with van der Waals surface area (Å²) in [7, 11) is 1.32. The van der Waals surface area contributed by atoms with Gasteiger partial charge in [0.05, 0.1) is 13.3 Å². The first-order chi connectivity index (χ1) is 5.65. The van der Waals surface area contributed by atoms with Crippen LogP contribution in [0.15, 0.2) is 11.0 Å². The highest BCUT2D eigenvalue weighted by molar-refractivity contribution is 5.86. The number of ether oxygens (including phenoxy) is 1. The van der Waals surface area contributed by atoms with E-state index in [4.69, 9.17) is 5.11 Å². The Morgan fingerprint density at radius 2 is 2.42 bits per heavy atom. The molecule has 0 fully saturated rings. The van der Waals surface area contributed by atoms with E-state index in [1.165, 1.54) is 7.11 Å². The lowest BCUT2D eigenvalue weighted by atomic mass is 10.3. The second-order valence-corrected chi connectivity index (χ2v) is 1.94. The number of rotatable bonds is 2. The van der Waals surface area contributed by atoms with Crippen LogP contribution in [0.2, 0.25) is 0 Å². The summed E-state index contributed by atoms with van der Waals surface area (Å²) in [6.45, 7) is 0. The topological polar surface area (TPSA) is 92.3 Å². The average Bonchev–Trinajstić information content (AvgIpc) is 2.03. The van der Waals surface area contributed by atoms with E-state index < -0.39 is 17.1 Å². The van der Waals surface area contributed by atoms with Crippen LogP contribution in [0, 0.1) is 0 Å². The third kappa shape index (κ3) is 1.42. The van der Waals surface area contributed by atoms with Gasteiger partial charge in [0.15, 0.2) is 0 Å². The second-order valence-electron chi connectivity index (χ2n) is 1.94. The lowest BCUT2D eigenvalue weighted by Gasteiger charge is -1.96. The molecule has 1 aromatic heterocycles. The van der Waals surface area contributed by atoms with Crippen molar-refractivity contribution in [1.82, 2.24) is 9.97 Å². The highest BCUT2D eigenvalue weighted by Gasteiger charge is 2.09. The first kappa shape index (κ1) is 8.25. The van der Waals surface area contributed by atoms with E-state index in [1.807, 2.05) is 0 Å². The zero-order chi connectivity index (χ0) is 9.14. The van der Waals surface area contributed by atoms with E-state index in [2.05, 4.69) is 14.7 Å². The number of H-pyrrole nitrogens is 1. The summed E-state index contributed by atoms with van der Waals surface area (Å²) in [4.78, 5) is 26.9. The second kappa shape index (κ2) is 3.04. The van der Waals surface area contributed by atoms with Crippen LogP contribution >= 0.6 is 0 Å². The number of methoxy groups -OCH3 is 1. The van der Waals surface area contributed by atoms with Crippen LogP contribution in [-0.4, -0.2) is 28.2 Å². The van der Waals surface area contributed by atoms with Crippen molar-refractivity contribution in [2.24, 2.45) is 0 Å². The van der Waals surface area contributed by atoms with Crippen molar-refractivity contribution in [2.75, 3.05) is 7.11 Å². The summed E-state index contributed by atoms with van der Waals surface area (Å²) in [5.74, 6) is -1.31. The van der Waals surface area contributed by atoms with Crippen molar-refractivity contribution in [3.8, 4) is 6.01 Å². The molecule has 0 spiro atoms. The molecule has 0 bridgehead atoms. The van der Waals surface area contributed by atoms with Gasteiger partial charge in [-0.15, -0.1) is 0 Å². The molecule has 0 aliphatic rings. The lowest BCUT2D eigenvalue weighted by Crippen LogP contribution is -2.18. The zero-order valence-corrected chi connectivity index (χ0v) is 6.20. The maximum atomic E-state index is 10.9. The summed E-state index contributed by atoms with van der Waals surface area (Å²) in [5.41, 5.74) is -1.13. The lowest BCUT2D eigenvalue weighted by molar-refractivity contribution is 0.0694. The molecular weight excluding hydrogens is 164 g/mol. The van der Waals surface area contributed by atoms with Crippen molar-refractivity contribution in [2.45, 2.75) is 0 Å². The predicted octanol–water partition coefficient (Wildman–Crippen LogP) is -0.523. The first-order valence-electron chi connectivity index (χ1n) is 3.01. The third-order valence-electron chi connectivity index (χ3n) is 1.20. The number of carbonyl (C=O) groups is 1. The Balaban J connectivity index is 3.21. The van der Waals surface area contributed by atoms with Crippen LogP contribution in [-0.2, 0) is 0 Å². The fourth-order valence-electron chi connectivity index (χ4n) is 0.635. The highest BCUT2D eigenvalue weighted by atomic mass is 16.5. The number of carboxylic acids is 1. The third-order valence-corrected chi connectivity index (χ3v) is 1.20. The van der Waals surface area contributed by atoms with Crippen molar-refractivity contribution >= 4 is 5.97 Å². The van der Waals surface area contributed by atoms with Crippen molar-refractivity contribution in [3.05, 3.63) is 22.1 Å². The fraction of sp³-hybridized carbons (Fsp3) is 0.167. The maximum Gasteiger partial charge on any atom is 0.342 e. The van der Waals surface area contributed by atoms with Crippen molar-refractivity contribution < 1.29 is 14.6 Å². The molecule has 0 radical (unpaired) electrons. The number of aromatic nitrogens is 2. The van der Waals surface area contributed by atoms with Gasteiger partial charge >= 0.3 is 5.97 Å². The number of carboxylic acid groups (broad SMARTS) is 1. The molecule has 1 rings (SSSR count). The normalized spacial score (nSPS) is 9.42. The van der Waals surface area contributed by atoms with Crippen molar-refractivity contribution in [3.63, 3.8) is 0 Å². The maximum absolute atomic E-state index is 10.9. The van der Waals surface area contributed by atoms with E-state index in [9.17, 15) is 9.59 Å².